The highest BCUT2D eigenvalue weighted by molar-refractivity contribution is 5.71. The second-order valence-corrected chi connectivity index (χ2v) is 10.0. The summed E-state index contributed by atoms with van der Waals surface area (Å²) in [4.78, 5) is 25.6. The number of aromatic nitrogens is 4. The maximum absolute atomic E-state index is 13.3. The number of H-pyrrole nitrogens is 1. The Labute approximate surface area is 232 Å². The zero-order chi connectivity index (χ0) is 27.5. The fourth-order valence-electron chi connectivity index (χ4n) is 5.63. The first-order valence-electron chi connectivity index (χ1n) is 13.4. The Kier molecular flexibility index (Phi) is 6.92. The van der Waals surface area contributed by atoms with E-state index in [0.717, 1.165) is 47.3 Å². The molecule has 1 aliphatic carbocycles. The van der Waals surface area contributed by atoms with Gasteiger partial charge >= 0.3 is 0 Å². The highest BCUT2D eigenvalue weighted by Gasteiger charge is 2.37. The predicted octanol–water partition coefficient (Wildman–Crippen LogP) is 5.18. The van der Waals surface area contributed by atoms with Crippen LogP contribution in [0.1, 0.15) is 42.0 Å². The molecule has 1 aliphatic rings. The molecule has 0 saturated heterocycles. The van der Waals surface area contributed by atoms with Gasteiger partial charge in [-0.1, -0.05) is 78.9 Å². The first kappa shape index (κ1) is 25.6. The Morgan fingerprint density at radius 1 is 1.00 bits per heavy atom. The van der Waals surface area contributed by atoms with Gasteiger partial charge in [0, 0.05) is 6.04 Å². The lowest BCUT2D eigenvalue weighted by Gasteiger charge is -2.37. The lowest BCUT2D eigenvalue weighted by molar-refractivity contribution is 0.316. The second kappa shape index (κ2) is 10.8. The summed E-state index contributed by atoms with van der Waals surface area (Å²) in [6.07, 6.45) is 6.18. The van der Waals surface area contributed by atoms with Gasteiger partial charge in [-0.25, -0.2) is 4.98 Å². The number of benzene rings is 3. The van der Waals surface area contributed by atoms with E-state index in [1.807, 2.05) is 65.2 Å². The SMILES string of the molecule is COc1ccc(C(Nc2nc3c(ncn3C3CC=C(CO)CC3)c(=O)[nH]2)(c2ccccc2)c2ccccc2)cc1. The number of rotatable bonds is 8. The first-order chi connectivity index (χ1) is 19.6. The number of aliphatic hydroxyl groups excluding tert-OH is 1. The summed E-state index contributed by atoms with van der Waals surface area (Å²) < 4.78 is 7.43. The van der Waals surface area contributed by atoms with Crippen molar-refractivity contribution in [2.45, 2.75) is 30.8 Å². The molecule has 3 aromatic carbocycles. The predicted molar refractivity (Wildman–Crippen MR) is 156 cm³/mol. The van der Waals surface area contributed by atoms with E-state index >= 15 is 0 Å². The average molecular weight is 534 g/mol. The molecule has 2 aromatic heterocycles. The minimum atomic E-state index is -0.882. The van der Waals surface area contributed by atoms with Gasteiger partial charge in [-0.2, -0.15) is 4.98 Å². The first-order valence-corrected chi connectivity index (χ1v) is 13.4. The molecule has 40 heavy (non-hydrogen) atoms. The Morgan fingerprint density at radius 3 is 2.23 bits per heavy atom. The molecule has 202 valence electrons. The molecular weight excluding hydrogens is 502 g/mol. The minimum Gasteiger partial charge on any atom is -0.497 e. The molecule has 0 radical (unpaired) electrons. The molecule has 0 saturated carbocycles. The number of allylic oxidation sites excluding steroid dienone is 1. The van der Waals surface area contributed by atoms with Crippen molar-refractivity contribution in [1.82, 2.24) is 19.5 Å². The number of nitrogens with zero attached hydrogens (tertiary/aromatic N) is 3. The number of fused-ring (bicyclic) bond motifs is 1. The van der Waals surface area contributed by atoms with E-state index < -0.39 is 5.54 Å². The normalized spacial score (nSPS) is 15.6. The van der Waals surface area contributed by atoms with E-state index in [9.17, 15) is 9.90 Å². The quantitative estimate of drug-likeness (QED) is 0.188. The van der Waals surface area contributed by atoms with Crippen LogP contribution < -0.4 is 15.6 Å². The molecule has 1 atom stereocenters. The van der Waals surface area contributed by atoms with E-state index in [4.69, 9.17) is 9.72 Å². The molecule has 3 N–H and O–H groups in total. The van der Waals surface area contributed by atoms with Crippen LogP contribution >= 0.6 is 0 Å². The van der Waals surface area contributed by atoms with Crippen molar-refractivity contribution in [2.24, 2.45) is 0 Å². The summed E-state index contributed by atoms with van der Waals surface area (Å²) in [6.45, 7) is 0.0792. The summed E-state index contributed by atoms with van der Waals surface area (Å²) in [5.74, 6) is 1.09. The van der Waals surface area contributed by atoms with E-state index in [-0.39, 0.29) is 18.2 Å². The van der Waals surface area contributed by atoms with Crippen LogP contribution in [0.4, 0.5) is 5.95 Å². The summed E-state index contributed by atoms with van der Waals surface area (Å²) in [5.41, 5.74) is 3.61. The molecule has 0 fully saturated rings. The number of methoxy groups -OCH3 is 1. The monoisotopic (exact) mass is 533 g/mol. The third-order valence-electron chi connectivity index (χ3n) is 7.75. The molecule has 5 aromatic rings. The second-order valence-electron chi connectivity index (χ2n) is 10.0. The van der Waals surface area contributed by atoms with Crippen molar-refractivity contribution < 1.29 is 9.84 Å². The third-order valence-corrected chi connectivity index (χ3v) is 7.75. The van der Waals surface area contributed by atoms with Gasteiger partial charge in [-0.3, -0.25) is 9.78 Å². The van der Waals surface area contributed by atoms with Crippen LogP contribution in [-0.4, -0.2) is 38.3 Å². The van der Waals surface area contributed by atoms with Crippen LogP contribution in [0.15, 0.2) is 108 Å². The van der Waals surface area contributed by atoms with Crippen molar-refractivity contribution in [2.75, 3.05) is 19.0 Å². The van der Waals surface area contributed by atoms with Gasteiger partial charge in [0.05, 0.1) is 20.0 Å². The number of aliphatic hydroxyl groups is 1. The topological polar surface area (TPSA) is 105 Å². The van der Waals surface area contributed by atoms with Gasteiger partial charge in [-0.15, -0.1) is 0 Å². The molecule has 8 heteroatoms. The van der Waals surface area contributed by atoms with Gasteiger partial charge in [0.25, 0.3) is 5.56 Å². The van der Waals surface area contributed by atoms with Crippen LogP contribution in [0.2, 0.25) is 0 Å². The fourth-order valence-corrected chi connectivity index (χ4v) is 5.63. The number of imidazole rings is 1. The molecule has 1 unspecified atom stereocenters. The van der Waals surface area contributed by atoms with Gasteiger partial charge in [0.2, 0.25) is 5.95 Å². The van der Waals surface area contributed by atoms with E-state index in [1.165, 1.54) is 0 Å². The van der Waals surface area contributed by atoms with Gasteiger partial charge in [0.1, 0.15) is 11.3 Å². The Bertz CT molecular complexity index is 1650. The minimum absolute atomic E-state index is 0.0792. The number of anilines is 1. The molecule has 0 aliphatic heterocycles. The third kappa shape index (κ3) is 4.56. The van der Waals surface area contributed by atoms with E-state index in [2.05, 4.69) is 45.6 Å². The van der Waals surface area contributed by atoms with Crippen molar-refractivity contribution in [1.29, 1.82) is 0 Å². The molecule has 0 amide bonds. The van der Waals surface area contributed by atoms with Gasteiger partial charge < -0.3 is 19.7 Å². The molecule has 8 nitrogen and oxygen atoms in total. The number of ether oxygens (including phenoxy) is 1. The highest BCUT2D eigenvalue weighted by atomic mass is 16.5. The average Bonchev–Trinajstić information content (AvgIpc) is 3.45. The molecule has 2 heterocycles. The van der Waals surface area contributed by atoms with Gasteiger partial charge in [-0.05, 0) is 53.7 Å². The zero-order valence-corrected chi connectivity index (χ0v) is 22.2. The Balaban J connectivity index is 1.52. The van der Waals surface area contributed by atoms with Crippen molar-refractivity contribution in [3.63, 3.8) is 0 Å². The summed E-state index contributed by atoms with van der Waals surface area (Å²) in [6, 6.07) is 28.3. The van der Waals surface area contributed by atoms with E-state index in [0.29, 0.717) is 17.1 Å². The number of hydrogen-bond acceptors (Lipinski definition) is 6. The van der Waals surface area contributed by atoms with Crippen molar-refractivity contribution >= 4 is 17.1 Å². The highest BCUT2D eigenvalue weighted by Crippen LogP contribution is 2.40. The van der Waals surface area contributed by atoms with Crippen molar-refractivity contribution in [3.05, 3.63) is 130 Å². The Morgan fingerprint density at radius 2 is 1.65 bits per heavy atom. The van der Waals surface area contributed by atoms with Crippen LogP contribution in [0, 0.1) is 0 Å². The standard InChI is InChI=1S/C32H31N5O3/c1-40-27-18-14-25(15-19-27)32(23-8-4-2-5-9-23,24-10-6-3-7-11-24)36-31-34-29-28(30(39)35-31)33-21-37(29)26-16-12-22(20-38)13-17-26/h2-12,14-15,18-19,21,26,38H,13,16-17,20H2,1H3,(H2,34,35,36,39). The smallest absolute Gasteiger partial charge is 0.280 e. The molecule has 0 spiro atoms. The number of aromatic amines is 1. The molecule has 6 rings (SSSR count). The summed E-state index contributed by atoms with van der Waals surface area (Å²) >= 11 is 0. The number of nitrogens with one attached hydrogen (secondary N) is 2. The lowest BCUT2D eigenvalue weighted by atomic mass is 9.77. The fraction of sp³-hybridized carbons (Fsp3) is 0.219. The number of hydrogen-bond donors (Lipinski definition) is 3. The maximum atomic E-state index is 13.3. The summed E-state index contributed by atoms with van der Waals surface area (Å²) in [7, 11) is 1.65. The zero-order valence-electron chi connectivity index (χ0n) is 22.2. The van der Waals surface area contributed by atoms with Crippen LogP contribution in [0.25, 0.3) is 11.2 Å². The molecule has 0 bridgehead atoms. The van der Waals surface area contributed by atoms with Crippen LogP contribution in [-0.2, 0) is 5.54 Å². The maximum Gasteiger partial charge on any atom is 0.280 e. The largest absolute Gasteiger partial charge is 0.497 e. The molecular formula is C32H31N5O3. The summed E-state index contributed by atoms with van der Waals surface area (Å²) in [5, 5.41) is 13.2. The Hall–Kier alpha value is -4.69. The lowest BCUT2D eigenvalue weighted by Crippen LogP contribution is -2.39. The van der Waals surface area contributed by atoms with Crippen molar-refractivity contribution in [3.8, 4) is 5.75 Å². The van der Waals surface area contributed by atoms with Gasteiger partial charge in [0.15, 0.2) is 11.2 Å². The van der Waals surface area contributed by atoms with Crippen LogP contribution in [0.5, 0.6) is 5.75 Å². The van der Waals surface area contributed by atoms with E-state index in [1.54, 1.807) is 13.4 Å². The van der Waals surface area contributed by atoms with Crippen LogP contribution in [0.3, 0.4) is 0 Å².